The number of benzene rings is 1. The summed E-state index contributed by atoms with van der Waals surface area (Å²) in [6.45, 7) is 1.89. The summed E-state index contributed by atoms with van der Waals surface area (Å²) in [4.78, 5) is 19.8. The van der Waals surface area contributed by atoms with E-state index in [-0.39, 0.29) is 11.7 Å². The minimum absolute atomic E-state index is 0.317. The average Bonchev–Trinajstić information content (AvgIpc) is 3.14. The van der Waals surface area contributed by atoms with Crippen LogP contribution < -0.4 is 9.47 Å². The molecule has 0 aliphatic carbocycles. The second-order valence-electron chi connectivity index (χ2n) is 5.97. The van der Waals surface area contributed by atoms with Crippen molar-refractivity contribution in [1.82, 2.24) is 14.5 Å². The van der Waals surface area contributed by atoms with Gasteiger partial charge in [0.2, 0.25) is 5.88 Å². The summed E-state index contributed by atoms with van der Waals surface area (Å²) in [7, 11) is 1.49. The Kier molecular flexibility index (Phi) is 5.98. The van der Waals surface area contributed by atoms with Gasteiger partial charge < -0.3 is 9.47 Å². The number of ether oxygens (including phenoxy) is 2. The number of alkyl halides is 2. The molecule has 0 radical (unpaired) electrons. The fourth-order valence-corrected chi connectivity index (χ4v) is 2.60. The molecule has 0 unspecified atom stereocenters. The Morgan fingerprint density at radius 2 is 1.93 bits per heavy atom. The highest BCUT2D eigenvalue weighted by Crippen LogP contribution is 2.28. The number of hydrogen-bond donors (Lipinski definition) is 0. The van der Waals surface area contributed by atoms with Crippen molar-refractivity contribution in [2.24, 2.45) is 0 Å². The molecule has 146 valence electrons. The maximum atomic E-state index is 13.2. The van der Waals surface area contributed by atoms with Gasteiger partial charge in [0.25, 0.3) is 6.43 Å². The second kappa shape index (κ2) is 8.60. The number of halogens is 2. The minimum Gasteiger partial charge on any atom is -0.481 e. The second-order valence-corrected chi connectivity index (χ2v) is 5.97. The van der Waals surface area contributed by atoms with Crippen molar-refractivity contribution in [1.29, 1.82) is 0 Å². The standard InChI is InChI=1S/C20H19F2N3O3/c1-3-4-18(26)28-15-8-6-14(7-9-15)25-12-16(19(21)22)24-20(25)13-5-10-17(27-2)23-11-13/h5-12,19H,3-4H2,1-2H3. The van der Waals surface area contributed by atoms with Gasteiger partial charge in [0.15, 0.2) is 0 Å². The Balaban J connectivity index is 1.95. The van der Waals surface area contributed by atoms with E-state index < -0.39 is 6.43 Å². The van der Waals surface area contributed by atoms with Crippen LogP contribution in [0.15, 0.2) is 48.8 Å². The zero-order chi connectivity index (χ0) is 20.1. The molecule has 0 amide bonds. The lowest BCUT2D eigenvalue weighted by Gasteiger charge is -2.09. The molecule has 2 heterocycles. The van der Waals surface area contributed by atoms with Gasteiger partial charge in [-0.15, -0.1) is 0 Å². The highest BCUT2D eigenvalue weighted by atomic mass is 19.3. The molecule has 28 heavy (non-hydrogen) atoms. The number of imidazole rings is 1. The highest BCUT2D eigenvalue weighted by molar-refractivity contribution is 5.72. The number of methoxy groups -OCH3 is 1. The molecule has 0 aliphatic rings. The summed E-state index contributed by atoms with van der Waals surface area (Å²) >= 11 is 0. The third-order valence-electron chi connectivity index (χ3n) is 3.95. The van der Waals surface area contributed by atoms with Crippen LogP contribution in [-0.4, -0.2) is 27.6 Å². The van der Waals surface area contributed by atoms with E-state index in [1.807, 2.05) is 6.92 Å². The molecular weight excluding hydrogens is 368 g/mol. The topological polar surface area (TPSA) is 66.2 Å². The molecule has 1 aromatic carbocycles. The molecule has 0 aliphatic heterocycles. The molecule has 2 aromatic heterocycles. The molecule has 8 heteroatoms. The van der Waals surface area contributed by atoms with Gasteiger partial charge in [0.1, 0.15) is 17.3 Å². The summed E-state index contributed by atoms with van der Waals surface area (Å²) in [5, 5.41) is 0. The lowest BCUT2D eigenvalue weighted by atomic mass is 10.2. The predicted octanol–water partition coefficient (Wildman–Crippen LogP) is 4.59. The molecule has 0 spiro atoms. The van der Waals surface area contributed by atoms with Crippen LogP contribution in [0.5, 0.6) is 11.6 Å². The van der Waals surface area contributed by atoms with Crippen LogP contribution in [0.2, 0.25) is 0 Å². The van der Waals surface area contributed by atoms with Crippen molar-refractivity contribution >= 4 is 5.97 Å². The fourth-order valence-electron chi connectivity index (χ4n) is 2.60. The van der Waals surface area contributed by atoms with Gasteiger partial charge in [-0.05, 0) is 36.8 Å². The van der Waals surface area contributed by atoms with Crippen LogP contribution in [0.3, 0.4) is 0 Å². The number of rotatable bonds is 7. The van der Waals surface area contributed by atoms with E-state index in [1.54, 1.807) is 41.0 Å². The fraction of sp³-hybridized carbons (Fsp3) is 0.250. The summed E-state index contributed by atoms with van der Waals surface area (Å²) in [5.74, 6) is 0.808. The van der Waals surface area contributed by atoms with Crippen LogP contribution in [0.25, 0.3) is 17.1 Å². The first-order chi connectivity index (χ1) is 13.5. The van der Waals surface area contributed by atoms with Crippen LogP contribution in [-0.2, 0) is 4.79 Å². The number of nitrogens with zero attached hydrogens (tertiary/aromatic N) is 3. The van der Waals surface area contributed by atoms with Gasteiger partial charge in [-0.25, -0.2) is 18.7 Å². The Bertz CT molecular complexity index is 938. The molecule has 0 N–H and O–H groups in total. The Morgan fingerprint density at radius 3 is 2.50 bits per heavy atom. The summed E-state index contributed by atoms with van der Waals surface area (Å²) < 4.78 is 38.2. The average molecular weight is 387 g/mol. The Morgan fingerprint density at radius 1 is 1.18 bits per heavy atom. The van der Waals surface area contributed by atoms with E-state index >= 15 is 0 Å². The lowest BCUT2D eigenvalue weighted by molar-refractivity contribution is -0.134. The molecule has 3 aromatic rings. The van der Waals surface area contributed by atoms with Crippen molar-refractivity contribution < 1.29 is 23.0 Å². The van der Waals surface area contributed by atoms with Gasteiger partial charge in [-0.2, -0.15) is 0 Å². The van der Waals surface area contributed by atoms with Crippen molar-refractivity contribution in [3.8, 4) is 28.7 Å². The zero-order valence-electron chi connectivity index (χ0n) is 15.4. The largest absolute Gasteiger partial charge is 0.481 e. The number of hydrogen-bond acceptors (Lipinski definition) is 5. The van der Waals surface area contributed by atoms with Crippen molar-refractivity contribution in [2.45, 2.75) is 26.2 Å². The molecule has 6 nitrogen and oxygen atoms in total. The van der Waals surface area contributed by atoms with Crippen LogP contribution >= 0.6 is 0 Å². The van der Waals surface area contributed by atoms with Gasteiger partial charge in [-0.1, -0.05) is 6.92 Å². The monoisotopic (exact) mass is 387 g/mol. The normalized spacial score (nSPS) is 10.9. The van der Waals surface area contributed by atoms with Crippen molar-refractivity contribution in [3.63, 3.8) is 0 Å². The van der Waals surface area contributed by atoms with E-state index in [4.69, 9.17) is 9.47 Å². The summed E-state index contributed by atoms with van der Waals surface area (Å²) in [5.41, 5.74) is 0.816. The first kappa shape index (κ1) is 19.5. The van der Waals surface area contributed by atoms with E-state index in [2.05, 4.69) is 9.97 Å². The van der Waals surface area contributed by atoms with Gasteiger partial charge >= 0.3 is 5.97 Å². The zero-order valence-corrected chi connectivity index (χ0v) is 15.4. The third-order valence-corrected chi connectivity index (χ3v) is 3.95. The van der Waals surface area contributed by atoms with E-state index in [0.29, 0.717) is 41.5 Å². The molecular formula is C20H19F2N3O3. The smallest absolute Gasteiger partial charge is 0.311 e. The van der Waals surface area contributed by atoms with E-state index in [1.165, 1.54) is 19.5 Å². The SMILES string of the molecule is CCCC(=O)Oc1ccc(-n2cc(C(F)F)nc2-c2ccc(OC)nc2)cc1. The third kappa shape index (κ3) is 4.33. The van der Waals surface area contributed by atoms with Gasteiger partial charge in [-0.3, -0.25) is 9.36 Å². The maximum Gasteiger partial charge on any atom is 0.311 e. The minimum atomic E-state index is -2.71. The first-order valence-electron chi connectivity index (χ1n) is 8.70. The predicted molar refractivity (Wildman–Crippen MR) is 98.8 cm³/mol. The molecule has 0 fully saturated rings. The first-order valence-corrected chi connectivity index (χ1v) is 8.70. The van der Waals surface area contributed by atoms with E-state index in [0.717, 1.165) is 0 Å². The van der Waals surface area contributed by atoms with Crippen molar-refractivity contribution in [2.75, 3.05) is 7.11 Å². The number of pyridine rings is 1. The summed E-state index contributed by atoms with van der Waals surface area (Å²) in [6.07, 6.45) is 1.11. The van der Waals surface area contributed by atoms with E-state index in [9.17, 15) is 13.6 Å². The molecule has 0 atom stereocenters. The molecule has 0 bridgehead atoms. The summed E-state index contributed by atoms with van der Waals surface area (Å²) in [6, 6.07) is 9.90. The quantitative estimate of drug-likeness (QED) is 0.438. The maximum absolute atomic E-state index is 13.2. The molecule has 0 saturated heterocycles. The Hall–Kier alpha value is -3.29. The number of carbonyl (C=O) groups is 1. The van der Waals surface area contributed by atoms with Gasteiger partial charge in [0, 0.05) is 36.1 Å². The number of esters is 1. The number of carbonyl (C=O) groups excluding carboxylic acids is 1. The van der Waals surface area contributed by atoms with Crippen LogP contribution in [0, 0.1) is 0 Å². The lowest BCUT2D eigenvalue weighted by Crippen LogP contribution is -2.06. The molecule has 3 rings (SSSR count). The van der Waals surface area contributed by atoms with Crippen LogP contribution in [0.4, 0.5) is 8.78 Å². The molecule has 0 saturated carbocycles. The van der Waals surface area contributed by atoms with Gasteiger partial charge in [0.05, 0.1) is 7.11 Å². The van der Waals surface area contributed by atoms with Crippen molar-refractivity contribution in [3.05, 3.63) is 54.5 Å². The highest BCUT2D eigenvalue weighted by Gasteiger charge is 2.18. The Labute approximate surface area is 160 Å². The van der Waals surface area contributed by atoms with Crippen LogP contribution in [0.1, 0.15) is 31.9 Å². The number of aromatic nitrogens is 3.